The van der Waals surface area contributed by atoms with Gasteiger partial charge in [-0.25, -0.2) is 9.67 Å². The van der Waals surface area contributed by atoms with Gasteiger partial charge in [-0.15, -0.1) is 0 Å². The molecule has 0 saturated carbocycles. The number of benzene rings is 2. The average Bonchev–Trinajstić information content (AvgIpc) is 3.19. The van der Waals surface area contributed by atoms with E-state index >= 15 is 0 Å². The van der Waals surface area contributed by atoms with E-state index in [1.54, 1.807) is 4.68 Å². The smallest absolute Gasteiger partial charge is 0.259 e. The van der Waals surface area contributed by atoms with Crippen molar-refractivity contribution in [2.75, 3.05) is 5.32 Å². The van der Waals surface area contributed by atoms with Crippen LogP contribution in [0, 0.1) is 4.77 Å². The van der Waals surface area contributed by atoms with Gasteiger partial charge in [-0.3, -0.25) is 9.78 Å². The highest BCUT2D eigenvalue weighted by Crippen LogP contribution is 2.36. The molecule has 0 radical (unpaired) electrons. The number of aliphatic imine (C=N–C) groups is 1. The van der Waals surface area contributed by atoms with Crippen LogP contribution in [0.5, 0.6) is 0 Å². The van der Waals surface area contributed by atoms with Gasteiger partial charge in [0, 0.05) is 17.3 Å². The van der Waals surface area contributed by atoms with E-state index < -0.39 is 6.04 Å². The minimum Gasteiger partial charge on any atom is -0.370 e. The second-order valence-electron chi connectivity index (χ2n) is 6.82. The Morgan fingerprint density at radius 2 is 1.70 bits per heavy atom. The molecule has 30 heavy (non-hydrogen) atoms. The van der Waals surface area contributed by atoms with Gasteiger partial charge >= 0.3 is 0 Å². The zero-order chi connectivity index (χ0) is 20.7. The zero-order valence-electron chi connectivity index (χ0n) is 15.7. The van der Waals surface area contributed by atoms with Crippen molar-refractivity contribution in [3.05, 3.63) is 93.1 Å². The Hall–Kier alpha value is -3.98. The lowest BCUT2D eigenvalue weighted by atomic mass is 9.97. The number of nitrogens with zero attached hydrogens (tertiary/aromatic N) is 3. The summed E-state index contributed by atoms with van der Waals surface area (Å²) in [5.41, 5.74) is 9.39. The van der Waals surface area contributed by atoms with Gasteiger partial charge in [0.2, 0.25) is 0 Å². The van der Waals surface area contributed by atoms with Gasteiger partial charge in [0.15, 0.2) is 10.7 Å². The summed E-state index contributed by atoms with van der Waals surface area (Å²) in [5.74, 6) is 0.628. The summed E-state index contributed by atoms with van der Waals surface area (Å²) < 4.78 is 1.99. The van der Waals surface area contributed by atoms with Crippen molar-refractivity contribution in [1.29, 1.82) is 0 Å². The quantitative estimate of drug-likeness (QED) is 0.384. The van der Waals surface area contributed by atoms with E-state index in [4.69, 9.17) is 23.1 Å². The second-order valence-corrected chi connectivity index (χ2v) is 7.23. The number of nitrogens with one attached hydrogen (secondary N) is 3. The van der Waals surface area contributed by atoms with Gasteiger partial charge in [-0.2, -0.15) is 5.10 Å². The van der Waals surface area contributed by atoms with Crippen molar-refractivity contribution in [2.45, 2.75) is 6.04 Å². The molecule has 1 unspecified atom stereocenters. The van der Waals surface area contributed by atoms with Crippen molar-refractivity contribution in [3.63, 3.8) is 0 Å². The molecule has 8 nitrogen and oxygen atoms in total. The molecule has 5 N–H and O–H groups in total. The molecule has 3 heterocycles. The molecule has 1 aliphatic heterocycles. The highest BCUT2D eigenvalue weighted by molar-refractivity contribution is 7.71. The van der Waals surface area contributed by atoms with Crippen LogP contribution in [0.1, 0.15) is 17.2 Å². The first-order valence-electron chi connectivity index (χ1n) is 9.27. The van der Waals surface area contributed by atoms with E-state index in [-0.39, 0.29) is 16.3 Å². The number of fused-ring (bicyclic) bond motifs is 1. The Labute approximate surface area is 176 Å². The van der Waals surface area contributed by atoms with E-state index in [1.807, 2.05) is 66.9 Å². The normalized spacial score (nSPS) is 15.2. The number of anilines is 1. The highest BCUT2D eigenvalue weighted by atomic mass is 32.1. The Balaban J connectivity index is 1.77. The molecule has 1 atom stereocenters. The molecule has 0 aliphatic carbocycles. The van der Waals surface area contributed by atoms with Crippen LogP contribution in [0.15, 0.2) is 76.6 Å². The molecule has 0 bridgehead atoms. The SMILES string of the molecule is NC1=NC(c2cn(-c3ccccc3)nc2-c2ccccc2)c2c([nH]c(=S)[nH]c2=O)N1. The van der Waals surface area contributed by atoms with Gasteiger partial charge in [0.05, 0.1) is 16.9 Å². The van der Waals surface area contributed by atoms with Gasteiger partial charge in [0.25, 0.3) is 5.56 Å². The number of nitrogens with two attached hydrogens (primary N) is 1. The number of aromatic nitrogens is 4. The molecule has 9 heteroatoms. The summed E-state index contributed by atoms with van der Waals surface area (Å²) in [6.07, 6.45) is 1.88. The number of para-hydroxylation sites is 1. The standard InChI is InChI=1S/C21H17N7OS/c22-20-23-17(15-18(24-20)25-21(30)26-19(15)29)14-11-28(13-9-5-2-6-10-13)27-16(14)12-7-3-1-4-8-12/h1-11,17H,(H5,22,23,24,25,26,29,30). The van der Waals surface area contributed by atoms with Gasteiger partial charge in [-0.1, -0.05) is 48.5 Å². The molecule has 2 aromatic carbocycles. The Morgan fingerprint density at radius 3 is 2.43 bits per heavy atom. The molecule has 2 aromatic heterocycles. The predicted octanol–water partition coefficient (Wildman–Crippen LogP) is 3.11. The summed E-state index contributed by atoms with van der Waals surface area (Å²) in [7, 11) is 0. The van der Waals surface area contributed by atoms with Crippen LogP contribution in [0.4, 0.5) is 5.82 Å². The van der Waals surface area contributed by atoms with Gasteiger partial charge < -0.3 is 16.0 Å². The second kappa shape index (κ2) is 7.12. The van der Waals surface area contributed by atoms with Crippen molar-refractivity contribution < 1.29 is 0 Å². The number of aromatic amines is 2. The van der Waals surface area contributed by atoms with E-state index in [0.29, 0.717) is 11.4 Å². The number of hydrogen-bond acceptors (Lipinski definition) is 6. The molecule has 4 aromatic rings. The minimum absolute atomic E-state index is 0.190. The lowest BCUT2D eigenvalue weighted by Gasteiger charge is -2.22. The fourth-order valence-corrected chi connectivity index (χ4v) is 3.76. The van der Waals surface area contributed by atoms with Crippen LogP contribution < -0.4 is 16.6 Å². The van der Waals surface area contributed by atoms with Crippen LogP contribution >= 0.6 is 12.2 Å². The van der Waals surface area contributed by atoms with Gasteiger partial charge in [0.1, 0.15) is 11.9 Å². The first-order valence-corrected chi connectivity index (χ1v) is 9.68. The molecule has 0 saturated heterocycles. The van der Waals surface area contributed by atoms with E-state index in [1.165, 1.54) is 0 Å². The average molecular weight is 415 g/mol. The third-order valence-electron chi connectivity index (χ3n) is 4.88. The monoisotopic (exact) mass is 415 g/mol. The molecule has 5 rings (SSSR count). The minimum atomic E-state index is -0.649. The van der Waals surface area contributed by atoms with E-state index in [9.17, 15) is 4.79 Å². The number of guanidine groups is 1. The molecule has 0 fully saturated rings. The molecule has 0 amide bonds. The third-order valence-corrected chi connectivity index (χ3v) is 5.08. The fourth-order valence-electron chi connectivity index (χ4n) is 3.57. The maximum absolute atomic E-state index is 12.8. The summed E-state index contributed by atoms with van der Waals surface area (Å²) in [6.45, 7) is 0. The van der Waals surface area contributed by atoms with Crippen LogP contribution in [0.3, 0.4) is 0 Å². The number of rotatable bonds is 3. The molecule has 148 valence electrons. The Kier molecular flexibility index (Phi) is 4.29. The number of hydrogen-bond donors (Lipinski definition) is 4. The zero-order valence-corrected chi connectivity index (χ0v) is 16.5. The maximum Gasteiger partial charge on any atom is 0.259 e. The van der Waals surface area contributed by atoms with Crippen molar-refractivity contribution in [1.82, 2.24) is 19.7 Å². The highest BCUT2D eigenvalue weighted by Gasteiger charge is 2.30. The predicted molar refractivity (Wildman–Crippen MR) is 118 cm³/mol. The van der Waals surface area contributed by atoms with E-state index in [0.717, 1.165) is 22.5 Å². The van der Waals surface area contributed by atoms with Crippen LogP contribution in [0.25, 0.3) is 16.9 Å². The summed E-state index contributed by atoms with van der Waals surface area (Å²) >= 11 is 5.10. The van der Waals surface area contributed by atoms with Crippen molar-refractivity contribution in [2.24, 2.45) is 10.7 Å². The topological polar surface area (TPSA) is 117 Å². The first kappa shape index (κ1) is 18.1. The first-order chi connectivity index (χ1) is 14.6. The fraction of sp³-hybridized carbons (Fsp3) is 0.0476. The van der Waals surface area contributed by atoms with Crippen LogP contribution in [-0.4, -0.2) is 25.7 Å². The van der Waals surface area contributed by atoms with Crippen LogP contribution in [0.2, 0.25) is 0 Å². The third kappa shape index (κ3) is 3.11. The maximum atomic E-state index is 12.8. The van der Waals surface area contributed by atoms with Crippen molar-refractivity contribution >= 4 is 24.0 Å². The summed E-state index contributed by atoms with van der Waals surface area (Å²) in [4.78, 5) is 22.9. The Morgan fingerprint density at radius 1 is 1.00 bits per heavy atom. The number of H-pyrrole nitrogens is 2. The lowest BCUT2D eigenvalue weighted by molar-refractivity contribution is 0.820. The van der Waals surface area contributed by atoms with Crippen LogP contribution in [-0.2, 0) is 0 Å². The van der Waals surface area contributed by atoms with Gasteiger partial charge in [-0.05, 0) is 24.4 Å². The molecule has 1 aliphatic rings. The molecular weight excluding hydrogens is 398 g/mol. The molecule has 0 spiro atoms. The lowest BCUT2D eigenvalue weighted by Crippen LogP contribution is -2.33. The summed E-state index contributed by atoms with van der Waals surface area (Å²) in [5, 5.41) is 7.71. The summed E-state index contributed by atoms with van der Waals surface area (Å²) in [6, 6.07) is 18.9. The van der Waals surface area contributed by atoms with E-state index in [2.05, 4.69) is 20.3 Å². The van der Waals surface area contributed by atoms with Crippen molar-refractivity contribution in [3.8, 4) is 16.9 Å². The Bertz CT molecular complexity index is 1370. The largest absolute Gasteiger partial charge is 0.370 e. The molecular formula is C21H17N7OS.